The summed E-state index contributed by atoms with van der Waals surface area (Å²) >= 11 is 0. The highest BCUT2D eigenvalue weighted by atomic mass is 16.5. The normalized spacial score (nSPS) is 13.3. The number of nitrogens with one attached hydrogen (secondary N) is 2. The van der Waals surface area contributed by atoms with Gasteiger partial charge in [-0.05, 0) is 48.1 Å². The van der Waals surface area contributed by atoms with Gasteiger partial charge in [-0.3, -0.25) is 4.79 Å². The topological polar surface area (TPSA) is 111 Å². The van der Waals surface area contributed by atoms with E-state index in [1.165, 1.54) is 11.1 Å². The van der Waals surface area contributed by atoms with Gasteiger partial charge in [0, 0.05) is 12.1 Å². The Morgan fingerprint density at radius 2 is 1.79 bits per heavy atom. The Labute approximate surface area is 163 Å². The first-order valence-electron chi connectivity index (χ1n) is 9.19. The highest BCUT2D eigenvalue weighted by molar-refractivity contribution is 5.93. The van der Waals surface area contributed by atoms with Crippen molar-refractivity contribution >= 4 is 23.6 Å². The summed E-state index contributed by atoms with van der Waals surface area (Å²) in [6.45, 7) is -0.443. The molecule has 28 heavy (non-hydrogen) atoms. The van der Waals surface area contributed by atoms with Crippen LogP contribution >= 0.6 is 0 Å². The molecule has 2 aromatic rings. The molecule has 0 radical (unpaired) electrons. The number of ether oxygens (including phenoxy) is 1. The van der Waals surface area contributed by atoms with Crippen LogP contribution in [0.5, 0.6) is 0 Å². The van der Waals surface area contributed by atoms with Gasteiger partial charge >= 0.3 is 12.0 Å². The largest absolute Gasteiger partial charge is 0.454 e. The number of carbonyl (C=O) groups is 3. The van der Waals surface area contributed by atoms with Gasteiger partial charge in [-0.25, -0.2) is 9.59 Å². The molecule has 0 saturated carbocycles. The maximum absolute atomic E-state index is 12.3. The fourth-order valence-electron chi connectivity index (χ4n) is 3.30. The lowest BCUT2D eigenvalue weighted by atomic mass is 10.1. The zero-order valence-corrected chi connectivity index (χ0v) is 15.4. The van der Waals surface area contributed by atoms with Crippen LogP contribution in [0.4, 0.5) is 10.5 Å². The fraction of sp³-hybridized carbons (Fsp3) is 0.286. The zero-order valence-electron chi connectivity index (χ0n) is 15.4. The lowest BCUT2D eigenvalue weighted by Crippen LogP contribution is -2.46. The second-order valence-electron chi connectivity index (χ2n) is 6.74. The Morgan fingerprint density at radius 1 is 1.04 bits per heavy atom. The second-order valence-corrected chi connectivity index (χ2v) is 6.74. The summed E-state index contributed by atoms with van der Waals surface area (Å²) in [5.74, 6) is -1.16. The van der Waals surface area contributed by atoms with Crippen molar-refractivity contribution in [3.8, 4) is 0 Å². The van der Waals surface area contributed by atoms with E-state index in [2.05, 4.69) is 10.6 Å². The molecule has 2 aromatic carbocycles. The number of urea groups is 1. The van der Waals surface area contributed by atoms with E-state index in [0.717, 1.165) is 24.8 Å². The molecule has 0 bridgehead atoms. The lowest BCUT2D eigenvalue weighted by molar-refractivity contribution is -0.149. The molecule has 146 valence electrons. The van der Waals surface area contributed by atoms with Crippen molar-refractivity contribution in [3.63, 3.8) is 0 Å². The highest BCUT2D eigenvalue weighted by Crippen LogP contribution is 2.24. The third kappa shape index (κ3) is 5.33. The molecule has 0 aliphatic heterocycles. The summed E-state index contributed by atoms with van der Waals surface area (Å²) in [4.78, 5) is 35.6. The van der Waals surface area contributed by atoms with Gasteiger partial charge < -0.3 is 21.1 Å². The minimum Gasteiger partial charge on any atom is -0.454 e. The molecule has 0 unspecified atom stereocenters. The molecule has 0 fully saturated rings. The van der Waals surface area contributed by atoms with Gasteiger partial charge in [-0.15, -0.1) is 0 Å². The number of nitrogens with two attached hydrogens (primary N) is 1. The van der Waals surface area contributed by atoms with Crippen LogP contribution in [0.2, 0.25) is 0 Å². The number of amides is 3. The van der Waals surface area contributed by atoms with Gasteiger partial charge in [0.25, 0.3) is 5.91 Å². The van der Waals surface area contributed by atoms with Crippen LogP contribution in [0, 0.1) is 0 Å². The van der Waals surface area contributed by atoms with E-state index >= 15 is 0 Å². The number of carbonyl (C=O) groups excluding carboxylic acids is 3. The second kappa shape index (κ2) is 9.03. The molecular formula is C21H23N3O4. The van der Waals surface area contributed by atoms with Crippen LogP contribution in [0.1, 0.15) is 23.1 Å². The number of esters is 1. The van der Waals surface area contributed by atoms with E-state index < -0.39 is 30.6 Å². The van der Waals surface area contributed by atoms with Crippen molar-refractivity contribution < 1.29 is 19.1 Å². The van der Waals surface area contributed by atoms with E-state index in [9.17, 15) is 14.4 Å². The Morgan fingerprint density at radius 3 is 2.54 bits per heavy atom. The van der Waals surface area contributed by atoms with Gasteiger partial charge in [0.2, 0.25) is 0 Å². The molecule has 0 spiro atoms. The maximum Gasteiger partial charge on any atom is 0.329 e. The average Bonchev–Trinajstić information content (AvgIpc) is 3.14. The minimum absolute atomic E-state index is 0.217. The predicted molar refractivity (Wildman–Crippen MR) is 105 cm³/mol. The zero-order chi connectivity index (χ0) is 19.9. The monoisotopic (exact) mass is 381 g/mol. The first-order valence-corrected chi connectivity index (χ1v) is 9.19. The number of primary amides is 1. The predicted octanol–water partition coefficient (Wildman–Crippen LogP) is 1.94. The van der Waals surface area contributed by atoms with Crippen molar-refractivity contribution in [1.82, 2.24) is 5.32 Å². The molecule has 1 atom stereocenters. The summed E-state index contributed by atoms with van der Waals surface area (Å²) in [6, 6.07) is 13.2. The smallest absolute Gasteiger partial charge is 0.329 e. The molecule has 0 aromatic heterocycles. The number of fused-ring (bicyclic) bond motifs is 1. The van der Waals surface area contributed by atoms with Crippen molar-refractivity contribution in [1.29, 1.82) is 0 Å². The van der Waals surface area contributed by atoms with Crippen LogP contribution in [0.3, 0.4) is 0 Å². The standard InChI is InChI=1S/C21H23N3O4/c22-21(27)24-18(11-14-5-2-1-3-6-14)20(26)28-13-19(25)23-17-10-9-15-7-4-8-16(15)12-17/h1-3,5-6,9-10,12,18H,4,7-8,11,13H2,(H,23,25)(H3,22,24,27)/t18-/m0/s1. The number of anilines is 1. The maximum atomic E-state index is 12.3. The quantitative estimate of drug-likeness (QED) is 0.637. The number of hydrogen-bond acceptors (Lipinski definition) is 4. The van der Waals surface area contributed by atoms with Gasteiger partial charge in [0.05, 0.1) is 0 Å². The average molecular weight is 381 g/mol. The summed E-state index contributed by atoms with van der Waals surface area (Å²) in [7, 11) is 0. The number of aryl methyl sites for hydroxylation is 2. The van der Waals surface area contributed by atoms with Crippen LogP contribution in [0.25, 0.3) is 0 Å². The number of benzene rings is 2. The van der Waals surface area contributed by atoms with Crippen LogP contribution < -0.4 is 16.4 Å². The molecule has 1 aliphatic rings. The lowest BCUT2D eigenvalue weighted by Gasteiger charge is -2.16. The summed E-state index contributed by atoms with van der Waals surface area (Å²) in [5.41, 5.74) is 9.21. The summed E-state index contributed by atoms with van der Waals surface area (Å²) in [5, 5.41) is 5.09. The molecule has 1 aliphatic carbocycles. The van der Waals surface area contributed by atoms with Crippen molar-refractivity contribution in [2.24, 2.45) is 5.73 Å². The van der Waals surface area contributed by atoms with E-state index in [1.807, 2.05) is 48.5 Å². The van der Waals surface area contributed by atoms with Gasteiger partial charge in [-0.2, -0.15) is 0 Å². The molecule has 7 nitrogen and oxygen atoms in total. The highest BCUT2D eigenvalue weighted by Gasteiger charge is 2.23. The Kier molecular flexibility index (Phi) is 6.26. The molecular weight excluding hydrogens is 358 g/mol. The van der Waals surface area contributed by atoms with Crippen molar-refractivity contribution in [2.45, 2.75) is 31.7 Å². The van der Waals surface area contributed by atoms with E-state index in [-0.39, 0.29) is 6.42 Å². The third-order valence-corrected chi connectivity index (χ3v) is 4.61. The molecule has 7 heteroatoms. The van der Waals surface area contributed by atoms with Gasteiger partial charge in [-0.1, -0.05) is 36.4 Å². The Balaban J connectivity index is 1.54. The van der Waals surface area contributed by atoms with Crippen LogP contribution in [0.15, 0.2) is 48.5 Å². The minimum atomic E-state index is -0.965. The molecule has 0 saturated heterocycles. The first kappa shape index (κ1) is 19.4. The Bertz CT molecular complexity index is 867. The van der Waals surface area contributed by atoms with E-state index in [4.69, 9.17) is 10.5 Å². The number of rotatable bonds is 7. The fourth-order valence-corrected chi connectivity index (χ4v) is 3.30. The first-order chi connectivity index (χ1) is 13.5. The number of hydrogen-bond donors (Lipinski definition) is 3. The van der Waals surface area contributed by atoms with Gasteiger partial charge in [0.15, 0.2) is 6.61 Å². The van der Waals surface area contributed by atoms with Crippen molar-refractivity contribution in [3.05, 3.63) is 65.2 Å². The van der Waals surface area contributed by atoms with Gasteiger partial charge in [0.1, 0.15) is 6.04 Å². The van der Waals surface area contributed by atoms with E-state index in [1.54, 1.807) is 0 Å². The molecule has 3 rings (SSSR count). The molecule has 0 heterocycles. The summed E-state index contributed by atoms with van der Waals surface area (Å²) < 4.78 is 5.08. The summed E-state index contributed by atoms with van der Waals surface area (Å²) in [6.07, 6.45) is 3.42. The molecule has 4 N–H and O–H groups in total. The van der Waals surface area contributed by atoms with Crippen LogP contribution in [-0.4, -0.2) is 30.6 Å². The molecule has 3 amide bonds. The third-order valence-electron chi connectivity index (χ3n) is 4.61. The van der Waals surface area contributed by atoms with E-state index in [0.29, 0.717) is 5.69 Å². The van der Waals surface area contributed by atoms with Crippen molar-refractivity contribution in [2.75, 3.05) is 11.9 Å². The van der Waals surface area contributed by atoms with Crippen LogP contribution in [-0.2, 0) is 33.6 Å². The Hall–Kier alpha value is -3.35. The SMILES string of the molecule is NC(=O)N[C@@H](Cc1ccccc1)C(=O)OCC(=O)Nc1ccc2c(c1)CCC2.